The van der Waals surface area contributed by atoms with Crippen LogP contribution in [0.1, 0.15) is 38.3 Å². The van der Waals surface area contributed by atoms with Crippen LogP contribution in [0.3, 0.4) is 0 Å². The van der Waals surface area contributed by atoms with Gasteiger partial charge in [0.2, 0.25) is 0 Å². The molecule has 138 valence electrons. The molecule has 0 aliphatic carbocycles. The molecule has 26 heavy (non-hydrogen) atoms. The van der Waals surface area contributed by atoms with Crippen molar-refractivity contribution >= 4 is 17.6 Å². The lowest BCUT2D eigenvalue weighted by Gasteiger charge is -2.38. The highest BCUT2D eigenvalue weighted by atomic mass is 16.6. The number of hydrogen-bond donors (Lipinski definition) is 0. The molecular weight excluding hydrogens is 330 g/mol. The van der Waals surface area contributed by atoms with Crippen LogP contribution in [0.2, 0.25) is 0 Å². The van der Waals surface area contributed by atoms with Gasteiger partial charge in [0, 0.05) is 0 Å². The number of ether oxygens (including phenoxy) is 2. The molecule has 1 amide bonds. The number of methoxy groups -OCH3 is 1. The number of carbonyl (C=O) groups excluding carboxylic acids is 2. The minimum absolute atomic E-state index is 0.125. The lowest BCUT2D eigenvalue weighted by Crippen LogP contribution is -2.49. The highest BCUT2D eigenvalue weighted by Gasteiger charge is 2.45. The summed E-state index contributed by atoms with van der Waals surface area (Å²) >= 11 is 0. The predicted molar refractivity (Wildman–Crippen MR) is 99.5 cm³/mol. The number of fused-ring (bicyclic) bond motifs is 2. The fourth-order valence-electron chi connectivity index (χ4n) is 3.47. The Morgan fingerprint density at radius 3 is 2.35 bits per heavy atom. The molecule has 2 bridgehead atoms. The Morgan fingerprint density at radius 2 is 1.77 bits per heavy atom. The zero-order valence-electron chi connectivity index (χ0n) is 15.9. The second-order valence-electron chi connectivity index (χ2n) is 7.74. The van der Waals surface area contributed by atoms with E-state index in [-0.39, 0.29) is 6.04 Å². The van der Waals surface area contributed by atoms with Crippen molar-refractivity contribution in [2.24, 2.45) is 0 Å². The molecule has 0 spiro atoms. The van der Waals surface area contributed by atoms with Crippen LogP contribution in [-0.4, -0.2) is 41.8 Å². The maximum atomic E-state index is 12.7. The van der Waals surface area contributed by atoms with Crippen LogP contribution >= 0.6 is 0 Å². The van der Waals surface area contributed by atoms with E-state index in [1.807, 2.05) is 64.1 Å². The summed E-state index contributed by atoms with van der Waals surface area (Å²) in [5, 5.41) is 0. The van der Waals surface area contributed by atoms with Gasteiger partial charge in [0.25, 0.3) is 0 Å². The van der Waals surface area contributed by atoms with Crippen molar-refractivity contribution in [3.8, 4) is 0 Å². The summed E-state index contributed by atoms with van der Waals surface area (Å²) < 4.78 is 10.6. The number of aryl methyl sites for hydroxylation is 1. The van der Waals surface area contributed by atoms with Gasteiger partial charge in [-0.25, -0.2) is 9.59 Å². The van der Waals surface area contributed by atoms with Crippen molar-refractivity contribution in [3.05, 3.63) is 53.1 Å². The molecule has 0 radical (unpaired) electrons. The third-order valence-corrected chi connectivity index (χ3v) is 4.62. The number of benzene rings is 1. The Bertz CT molecular complexity index is 783. The first-order valence-corrected chi connectivity index (χ1v) is 8.79. The minimum Gasteiger partial charge on any atom is -0.466 e. The van der Waals surface area contributed by atoms with Crippen LogP contribution in [0.5, 0.6) is 0 Å². The molecule has 5 heteroatoms. The molecule has 2 atom stereocenters. The minimum atomic E-state index is -0.594. The molecule has 3 rings (SSSR count). The third kappa shape index (κ3) is 3.39. The number of esters is 1. The van der Waals surface area contributed by atoms with Crippen LogP contribution in [0.15, 0.2) is 42.0 Å². The lowest BCUT2D eigenvalue weighted by atomic mass is 9.87. The van der Waals surface area contributed by atoms with Crippen LogP contribution < -0.4 is 0 Å². The average molecular weight is 355 g/mol. The van der Waals surface area contributed by atoms with E-state index in [1.165, 1.54) is 7.11 Å². The highest BCUT2D eigenvalue weighted by Crippen LogP contribution is 2.40. The van der Waals surface area contributed by atoms with Crippen molar-refractivity contribution in [1.29, 1.82) is 0 Å². The number of carbonyl (C=O) groups is 2. The maximum Gasteiger partial charge on any atom is 0.411 e. The standard InChI is InChI=1S/C21H25NO4/c1-13-6-8-14(9-7-13)16-12-15-10-11-17(18(16)19(23)25-5)22(15)20(24)26-21(2,3)4/h6-11,15,17H,12H2,1-5H3/t15-,17+/m0/s1. The van der Waals surface area contributed by atoms with E-state index in [0.717, 1.165) is 16.7 Å². The van der Waals surface area contributed by atoms with Crippen molar-refractivity contribution in [2.75, 3.05) is 7.11 Å². The molecule has 2 heterocycles. The molecule has 1 aromatic rings. The van der Waals surface area contributed by atoms with E-state index < -0.39 is 23.7 Å². The Kier molecular flexibility index (Phi) is 4.65. The first-order valence-electron chi connectivity index (χ1n) is 8.79. The van der Waals surface area contributed by atoms with Crippen molar-refractivity contribution in [1.82, 2.24) is 4.90 Å². The molecule has 2 aliphatic rings. The van der Waals surface area contributed by atoms with E-state index in [0.29, 0.717) is 12.0 Å². The third-order valence-electron chi connectivity index (χ3n) is 4.62. The van der Waals surface area contributed by atoms with Crippen LogP contribution in [0.25, 0.3) is 5.57 Å². The Balaban J connectivity index is 2.02. The summed E-state index contributed by atoms with van der Waals surface area (Å²) in [7, 11) is 1.37. The fourth-order valence-corrected chi connectivity index (χ4v) is 3.47. The van der Waals surface area contributed by atoms with E-state index in [2.05, 4.69) is 0 Å². The van der Waals surface area contributed by atoms with E-state index in [9.17, 15) is 9.59 Å². The molecule has 1 aromatic carbocycles. The number of rotatable bonds is 2. The van der Waals surface area contributed by atoms with Crippen LogP contribution in [0, 0.1) is 6.92 Å². The maximum absolute atomic E-state index is 12.7. The normalized spacial score (nSPS) is 21.8. The van der Waals surface area contributed by atoms with Gasteiger partial charge in [-0.3, -0.25) is 4.90 Å². The van der Waals surface area contributed by atoms with Crippen molar-refractivity contribution in [3.63, 3.8) is 0 Å². The first-order chi connectivity index (χ1) is 12.2. The highest BCUT2D eigenvalue weighted by molar-refractivity contribution is 6.01. The number of amides is 1. The molecular formula is C21H25NO4. The van der Waals surface area contributed by atoms with Gasteiger partial charge in [0.15, 0.2) is 0 Å². The van der Waals surface area contributed by atoms with Gasteiger partial charge in [-0.1, -0.05) is 42.0 Å². The predicted octanol–water partition coefficient (Wildman–Crippen LogP) is 3.87. The van der Waals surface area contributed by atoms with Crippen LogP contribution in [-0.2, 0) is 14.3 Å². The zero-order valence-corrected chi connectivity index (χ0v) is 15.9. The monoisotopic (exact) mass is 355 g/mol. The molecule has 0 saturated carbocycles. The summed E-state index contributed by atoms with van der Waals surface area (Å²) in [5.74, 6) is -0.413. The van der Waals surface area contributed by atoms with E-state index in [4.69, 9.17) is 9.47 Å². The van der Waals surface area contributed by atoms with Gasteiger partial charge >= 0.3 is 12.1 Å². The SMILES string of the molecule is COC(=O)C1=C(c2ccc(C)cc2)C[C@@H]2C=C[C@H]1N2C(=O)OC(C)(C)C. The summed E-state index contributed by atoms with van der Waals surface area (Å²) in [6.07, 6.45) is 4.00. The summed E-state index contributed by atoms with van der Waals surface area (Å²) in [6, 6.07) is 7.47. The van der Waals surface area contributed by atoms with Gasteiger partial charge in [0.05, 0.1) is 24.8 Å². The van der Waals surface area contributed by atoms with Gasteiger partial charge in [-0.05, 0) is 45.3 Å². The van der Waals surface area contributed by atoms with Gasteiger partial charge in [0.1, 0.15) is 5.60 Å². The molecule has 0 unspecified atom stereocenters. The van der Waals surface area contributed by atoms with Gasteiger partial charge < -0.3 is 9.47 Å². The molecule has 0 aromatic heterocycles. The van der Waals surface area contributed by atoms with Gasteiger partial charge in [-0.15, -0.1) is 0 Å². The summed E-state index contributed by atoms with van der Waals surface area (Å²) in [6.45, 7) is 7.52. The molecule has 0 N–H and O–H groups in total. The Hall–Kier alpha value is -2.56. The largest absolute Gasteiger partial charge is 0.466 e. The molecule has 0 fully saturated rings. The number of nitrogens with zero attached hydrogens (tertiary/aromatic N) is 1. The first kappa shape index (κ1) is 18.2. The number of hydrogen-bond acceptors (Lipinski definition) is 4. The smallest absolute Gasteiger partial charge is 0.411 e. The van der Waals surface area contributed by atoms with Crippen molar-refractivity contribution < 1.29 is 19.1 Å². The average Bonchev–Trinajstić information content (AvgIpc) is 2.87. The Morgan fingerprint density at radius 1 is 1.12 bits per heavy atom. The van der Waals surface area contributed by atoms with Gasteiger partial charge in [-0.2, -0.15) is 0 Å². The van der Waals surface area contributed by atoms with Crippen LogP contribution in [0.4, 0.5) is 4.79 Å². The van der Waals surface area contributed by atoms with E-state index in [1.54, 1.807) is 4.90 Å². The second kappa shape index (κ2) is 6.63. The van der Waals surface area contributed by atoms with Crippen molar-refractivity contribution in [2.45, 2.75) is 51.8 Å². The topological polar surface area (TPSA) is 55.8 Å². The lowest BCUT2D eigenvalue weighted by molar-refractivity contribution is -0.136. The quantitative estimate of drug-likeness (QED) is 0.597. The van der Waals surface area contributed by atoms with E-state index >= 15 is 0 Å². The fraction of sp³-hybridized carbons (Fsp3) is 0.429. The molecule has 0 saturated heterocycles. The zero-order chi connectivity index (χ0) is 19.1. The summed E-state index contributed by atoms with van der Waals surface area (Å²) in [5.41, 5.74) is 2.98. The molecule has 2 aliphatic heterocycles. The Labute approximate surface area is 154 Å². The second-order valence-corrected chi connectivity index (χ2v) is 7.74. The summed E-state index contributed by atoms with van der Waals surface area (Å²) in [4.78, 5) is 26.9. The molecule has 5 nitrogen and oxygen atoms in total.